The molecule has 9 nitrogen and oxygen atoms in total. The largest absolute Gasteiger partial charge is 0.465 e. The maximum Gasteiger partial charge on any atom is 0.407 e. The zero-order valence-corrected chi connectivity index (χ0v) is 22.3. The molecule has 3 heterocycles. The van der Waals surface area contributed by atoms with Crippen LogP contribution in [0.25, 0.3) is 21.9 Å². The molecule has 0 unspecified atom stereocenters. The number of nitrogens with one attached hydrogen (secondary N) is 1. The summed E-state index contributed by atoms with van der Waals surface area (Å²) in [6, 6.07) is 18.9. The van der Waals surface area contributed by atoms with Gasteiger partial charge in [-0.25, -0.2) is 19.7 Å². The van der Waals surface area contributed by atoms with Crippen molar-refractivity contribution in [1.82, 2.24) is 24.4 Å². The topological polar surface area (TPSA) is 99.4 Å². The summed E-state index contributed by atoms with van der Waals surface area (Å²) in [4.78, 5) is 28.7. The van der Waals surface area contributed by atoms with Gasteiger partial charge < -0.3 is 24.8 Å². The van der Waals surface area contributed by atoms with Gasteiger partial charge >= 0.3 is 6.09 Å². The molecule has 1 atom stereocenters. The van der Waals surface area contributed by atoms with E-state index in [0.717, 1.165) is 45.5 Å². The number of rotatable bonds is 5. The number of imidazole rings is 1. The Morgan fingerprint density at radius 1 is 1.03 bits per heavy atom. The highest BCUT2D eigenvalue weighted by atomic mass is 16.4. The summed E-state index contributed by atoms with van der Waals surface area (Å²) in [7, 11) is 2.01. The first kappa shape index (κ1) is 24.7. The SMILES string of the molecule is Cc1cc(Nc2ncnc3ccc(N4CCN(C(=O)O)[C@H](C)C4)cc23)ccc1Cc1ccc2c(c1)ncn2C. The van der Waals surface area contributed by atoms with Gasteiger partial charge in [0.25, 0.3) is 0 Å². The molecular weight excluding hydrogens is 490 g/mol. The number of piperazine rings is 1. The van der Waals surface area contributed by atoms with Crippen LogP contribution >= 0.6 is 0 Å². The fourth-order valence-electron chi connectivity index (χ4n) is 5.44. The fraction of sp³-hybridized carbons (Fsp3) is 0.267. The predicted octanol–water partition coefficient (Wildman–Crippen LogP) is 5.35. The smallest absolute Gasteiger partial charge is 0.407 e. The van der Waals surface area contributed by atoms with E-state index in [2.05, 4.69) is 74.6 Å². The molecule has 0 aliphatic carbocycles. The molecule has 0 saturated carbocycles. The van der Waals surface area contributed by atoms with E-state index in [9.17, 15) is 9.90 Å². The second-order valence-corrected chi connectivity index (χ2v) is 10.3. The molecule has 1 aliphatic heterocycles. The quantitative estimate of drug-likeness (QED) is 0.322. The number of benzene rings is 3. The Kier molecular flexibility index (Phi) is 6.26. The van der Waals surface area contributed by atoms with Crippen molar-refractivity contribution >= 4 is 45.2 Å². The molecule has 198 valence electrons. The second-order valence-electron chi connectivity index (χ2n) is 10.3. The molecule has 0 radical (unpaired) electrons. The van der Waals surface area contributed by atoms with Crippen LogP contribution in [0, 0.1) is 6.92 Å². The van der Waals surface area contributed by atoms with Crippen LogP contribution in [-0.2, 0) is 13.5 Å². The highest BCUT2D eigenvalue weighted by molar-refractivity contribution is 5.93. The standard InChI is InChI=1S/C30H31N7O2/c1-19-12-23(6-5-22(19)13-21-4-9-28-27(14-21)33-18-35(28)3)34-29-25-15-24(7-8-26(25)31-17-32-29)36-10-11-37(30(38)39)20(2)16-36/h4-9,12,14-15,17-18,20H,10-11,13,16H2,1-3H3,(H,38,39)(H,31,32,34)/t20-/m1/s1. The molecule has 0 spiro atoms. The van der Waals surface area contributed by atoms with Crippen molar-refractivity contribution < 1.29 is 9.90 Å². The van der Waals surface area contributed by atoms with Crippen LogP contribution in [0.4, 0.5) is 22.0 Å². The first-order valence-electron chi connectivity index (χ1n) is 13.1. The summed E-state index contributed by atoms with van der Waals surface area (Å²) >= 11 is 0. The van der Waals surface area contributed by atoms with E-state index < -0.39 is 6.09 Å². The maximum absolute atomic E-state index is 11.5. The average Bonchev–Trinajstić information content (AvgIpc) is 3.29. The highest BCUT2D eigenvalue weighted by Crippen LogP contribution is 2.30. The third kappa shape index (κ3) is 4.83. The molecule has 3 aromatic carbocycles. The Balaban J connectivity index is 1.22. The fourth-order valence-corrected chi connectivity index (χ4v) is 5.44. The summed E-state index contributed by atoms with van der Waals surface area (Å²) in [6.45, 7) is 5.84. The van der Waals surface area contributed by atoms with Gasteiger partial charge in [0.2, 0.25) is 0 Å². The van der Waals surface area contributed by atoms with Gasteiger partial charge in [-0.05, 0) is 79.4 Å². The molecule has 9 heteroatoms. The molecule has 1 fully saturated rings. The van der Waals surface area contributed by atoms with E-state index in [4.69, 9.17) is 0 Å². The van der Waals surface area contributed by atoms with Crippen LogP contribution in [0.2, 0.25) is 0 Å². The molecule has 2 aromatic heterocycles. The van der Waals surface area contributed by atoms with Crippen molar-refractivity contribution in [2.45, 2.75) is 26.3 Å². The number of amides is 1. The molecular formula is C30H31N7O2. The number of aryl methyl sites for hydroxylation is 2. The highest BCUT2D eigenvalue weighted by Gasteiger charge is 2.27. The van der Waals surface area contributed by atoms with E-state index in [0.29, 0.717) is 19.6 Å². The normalized spacial score (nSPS) is 15.7. The molecule has 0 bridgehead atoms. The Hall–Kier alpha value is -4.66. The monoisotopic (exact) mass is 521 g/mol. The number of aromatic nitrogens is 4. The van der Waals surface area contributed by atoms with Crippen molar-refractivity contribution in [2.75, 3.05) is 29.9 Å². The van der Waals surface area contributed by atoms with Crippen LogP contribution in [0.1, 0.15) is 23.6 Å². The molecule has 5 aromatic rings. The number of anilines is 3. The van der Waals surface area contributed by atoms with Gasteiger partial charge in [0.05, 0.1) is 22.9 Å². The molecule has 2 N–H and O–H groups in total. The Labute approximate surface area is 226 Å². The minimum absolute atomic E-state index is 0.0797. The first-order chi connectivity index (χ1) is 18.9. The van der Waals surface area contributed by atoms with Gasteiger partial charge in [0, 0.05) is 49.5 Å². The number of carbonyl (C=O) groups is 1. The summed E-state index contributed by atoms with van der Waals surface area (Å²) in [6.07, 6.45) is 3.40. The summed E-state index contributed by atoms with van der Waals surface area (Å²) < 4.78 is 2.03. The van der Waals surface area contributed by atoms with Crippen molar-refractivity contribution in [3.63, 3.8) is 0 Å². The van der Waals surface area contributed by atoms with Crippen molar-refractivity contribution in [3.8, 4) is 0 Å². The lowest BCUT2D eigenvalue weighted by Crippen LogP contribution is -2.53. The Bertz CT molecular complexity index is 1700. The van der Waals surface area contributed by atoms with Crippen LogP contribution in [-0.4, -0.2) is 61.3 Å². The summed E-state index contributed by atoms with van der Waals surface area (Å²) in [5, 5.41) is 13.8. The minimum Gasteiger partial charge on any atom is -0.465 e. The molecule has 1 amide bonds. The van der Waals surface area contributed by atoms with Crippen LogP contribution in [0.5, 0.6) is 0 Å². The third-order valence-electron chi connectivity index (χ3n) is 7.65. The maximum atomic E-state index is 11.5. The van der Waals surface area contributed by atoms with Gasteiger partial charge in [0.1, 0.15) is 12.1 Å². The predicted molar refractivity (Wildman–Crippen MR) is 154 cm³/mol. The van der Waals surface area contributed by atoms with Gasteiger partial charge in [-0.2, -0.15) is 0 Å². The number of carboxylic acid groups (broad SMARTS) is 1. The van der Waals surface area contributed by atoms with E-state index in [1.807, 2.05) is 37.0 Å². The van der Waals surface area contributed by atoms with Crippen LogP contribution in [0.15, 0.2) is 67.3 Å². The lowest BCUT2D eigenvalue weighted by molar-refractivity contribution is 0.122. The average molecular weight is 522 g/mol. The number of fused-ring (bicyclic) bond motifs is 2. The zero-order valence-electron chi connectivity index (χ0n) is 22.3. The number of hydrogen-bond acceptors (Lipinski definition) is 6. The summed E-state index contributed by atoms with van der Waals surface area (Å²) in [5.74, 6) is 0.742. The third-order valence-corrected chi connectivity index (χ3v) is 7.65. The van der Waals surface area contributed by atoms with Gasteiger partial charge in [-0.15, -0.1) is 0 Å². The van der Waals surface area contributed by atoms with Crippen LogP contribution < -0.4 is 10.2 Å². The van der Waals surface area contributed by atoms with Gasteiger partial charge in [0.15, 0.2) is 0 Å². The van der Waals surface area contributed by atoms with Gasteiger partial charge in [-0.1, -0.05) is 12.1 Å². The van der Waals surface area contributed by atoms with Gasteiger partial charge in [-0.3, -0.25) is 0 Å². The van der Waals surface area contributed by atoms with Crippen molar-refractivity contribution in [3.05, 3.63) is 83.9 Å². The van der Waals surface area contributed by atoms with Crippen molar-refractivity contribution in [1.29, 1.82) is 0 Å². The lowest BCUT2D eigenvalue weighted by Gasteiger charge is -2.39. The molecule has 6 rings (SSSR count). The number of nitrogens with zero attached hydrogens (tertiary/aromatic N) is 6. The molecule has 1 saturated heterocycles. The van der Waals surface area contributed by atoms with Crippen LogP contribution in [0.3, 0.4) is 0 Å². The zero-order chi connectivity index (χ0) is 27.1. The first-order valence-corrected chi connectivity index (χ1v) is 13.1. The van der Waals surface area contributed by atoms with E-state index in [-0.39, 0.29) is 6.04 Å². The Morgan fingerprint density at radius 3 is 2.69 bits per heavy atom. The van der Waals surface area contributed by atoms with E-state index in [1.165, 1.54) is 21.6 Å². The summed E-state index contributed by atoms with van der Waals surface area (Å²) in [5.41, 5.74) is 8.70. The number of hydrogen-bond donors (Lipinski definition) is 2. The van der Waals surface area contributed by atoms with Crippen molar-refractivity contribution in [2.24, 2.45) is 7.05 Å². The molecule has 1 aliphatic rings. The van der Waals surface area contributed by atoms with E-state index in [1.54, 1.807) is 6.33 Å². The van der Waals surface area contributed by atoms with E-state index >= 15 is 0 Å². The minimum atomic E-state index is -0.865. The Morgan fingerprint density at radius 2 is 1.90 bits per heavy atom. The molecule has 39 heavy (non-hydrogen) atoms. The second kappa shape index (κ2) is 9.90. The lowest BCUT2D eigenvalue weighted by atomic mass is 9.99.